The molecule has 104 valence electrons. The molecule has 0 radical (unpaired) electrons. The molecule has 2 rings (SSSR count). The summed E-state index contributed by atoms with van der Waals surface area (Å²) in [7, 11) is 0. The molecule has 0 saturated carbocycles. The molecule has 0 aliphatic carbocycles. The van der Waals surface area contributed by atoms with Crippen LogP contribution in [0.2, 0.25) is 0 Å². The highest BCUT2D eigenvalue weighted by Gasteiger charge is 2.22. The third-order valence-electron chi connectivity index (χ3n) is 2.67. The third kappa shape index (κ3) is 2.92. The summed E-state index contributed by atoms with van der Waals surface area (Å²) in [6, 6.07) is 17.4. The Labute approximate surface area is 116 Å². The molecule has 0 aromatic heterocycles. The molecule has 2 aromatic rings. The largest absolute Gasteiger partial charge is 0.360 e. The number of hydrazine groups is 4. The Morgan fingerprint density at radius 1 is 0.750 bits per heavy atom. The van der Waals surface area contributed by atoms with Gasteiger partial charge in [0.1, 0.15) is 0 Å². The average Bonchev–Trinajstić information content (AvgIpc) is 2.51. The Hall–Kier alpha value is -2.45. The Morgan fingerprint density at radius 2 is 1.10 bits per heavy atom. The monoisotopic (exact) mass is 272 g/mol. The van der Waals surface area contributed by atoms with Gasteiger partial charge in [-0.25, -0.2) is 14.8 Å². The molecule has 0 atom stereocenters. The quantitative estimate of drug-likeness (QED) is 0.489. The second kappa shape index (κ2) is 6.64. The van der Waals surface area contributed by atoms with Crippen LogP contribution in [0.3, 0.4) is 0 Å². The van der Waals surface area contributed by atoms with E-state index in [0.29, 0.717) is 11.4 Å². The Bertz CT molecular complexity index is 498. The summed E-state index contributed by atoms with van der Waals surface area (Å²) >= 11 is 0. The maximum absolute atomic E-state index is 12.5. The summed E-state index contributed by atoms with van der Waals surface area (Å²) in [6.07, 6.45) is 0. The summed E-state index contributed by atoms with van der Waals surface area (Å²) in [5, 5.41) is 2.35. The minimum atomic E-state index is -0.465. The summed E-state index contributed by atoms with van der Waals surface area (Å²) in [5.74, 6) is 10.9. The van der Waals surface area contributed by atoms with Crippen molar-refractivity contribution >= 4 is 17.4 Å². The molecule has 0 aliphatic heterocycles. The molecule has 2 amide bonds. The summed E-state index contributed by atoms with van der Waals surface area (Å²) < 4.78 is 0. The molecule has 0 fully saturated rings. The van der Waals surface area contributed by atoms with E-state index in [4.69, 9.17) is 11.7 Å². The number of nitrogens with two attached hydrogens (primary N) is 2. The van der Waals surface area contributed by atoms with E-state index in [2.05, 4.69) is 11.1 Å². The van der Waals surface area contributed by atoms with Crippen LogP contribution in [0.5, 0.6) is 0 Å². The SMILES string of the molecule is NNN(C(=O)N(NN)c1ccccc1)c1ccccc1. The number of hydrogen-bond donors (Lipinski definition) is 4. The van der Waals surface area contributed by atoms with E-state index in [1.807, 2.05) is 12.1 Å². The van der Waals surface area contributed by atoms with Crippen LogP contribution in [0, 0.1) is 0 Å². The fourth-order valence-electron chi connectivity index (χ4n) is 1.73. The van der Waals surface area contributed by atoms with Crippen molar-refractivity contribution in [1.82, 2.24) is 11.1 Å². The number of carbonyl (C=O) groups excluding carboxylic acids is 1. The lowest BCUT2D eigenvalue weighted by atomic mass is 10.3. The minimum absolute atomic E-state index is 0.465. The number of carbonyl (C=O) groups is 1. The fraction of sp³-hybridized carbons (Fsp3) is 0. The van der Waals surface area contributed by atoms with Gasteiger partial charge in [-0.2, -0.15) is 11.1 Å². The van der Waals surface area contributed by atoms with Crippen LogP contribution in [0.25, 0.3) is 0 Å². The zero-order valence-corrected chi connectivity index (χ0v) is 10.7. The van der Waals surface area contributed by atoms with Crippen molar-refractivity contribution in [2.45, 2.75) is 0 Å². The van der Waals surface area contributed by atoms with Crippen LogP contribution in [0.15, 0.2) is 60.7 Å². The summed E-state index contributed by atoms with van der Waals surface area (Å²) in [5.41, 5.74) is 5.89. The van der Waals surface area contributed by atoms with Crippen molar-refractivity contribution in [3.05, 3.63) is 60.7 Å². The van der Waals surface area contributed by atoms with Gasteiger partial charge in [-0.3, -0.25) is 11.7 Å². The van der Waals surface area contributed by atoms with Gasteiger partial charge in [-0.05, 0) is 24.3 Å². The number of para-hydroxylation sites is 2. The smallest absolute Gasteiger partial charge is 0.253 e. The molecule has 7 nitrogen and oxygen atoms in total. The molecular weight excluding hydrogens is 256 g/mol. The van der Waals surface area contributed by atoms with Gasteiger partial charge in [0.25, 0.3) is 0 Å². The Balaban J connectivity index is 2.28. The van der Waals surface area contributed by atoms with Gasteiger partial charge in [0.05, 0.1) is 11.4 Å². The zero-order valence-electron chi connectivity index (χ0n) is 10.7. The highest BCUT2D eigenvalue weighted by molar-refractivity contribution is 6.02. The fourth-order valence-corrected chi connectivity index (χ4v) is 1.73. The van der Waals surface area contributed by atoms with E-state index in [1.165, 1.54) is 10.0 Å². The molecule has 0 bridgehead atoms. The first kappa shape index (κ1) is 14.0. The van der Waals surface area contributed by atoms with E-state index >= 15 is 0 Å². The van der Waals surface area contributed by atoms with Gasteiger partial charge >= 0.3 is 6.03 Å². The first-order valence-electron chi connectivity index (χ1n) is 5.94. The average molecular weight is 272 g/mol. The van der Waals surface area contributed by atoms with Crippen molar-refractivity contribution in [2.75, 3.05) is 10.0 Å². The lowest BCUT2D eigenvalue weighted by Crippen LogP contribution is -2.58. The number of hydrogen-bond acceptors (Lipinski definition) is 5. The molecule has 0 saturated heterocycles. The predicted molar refractivity (Wildman–Crippen MR) is 77.9 cm³/mol. The minimum Gasteiger partial charge on any atom is -0.253 e. The van der Waals surface area contributed by atoms with Crippen LogP contribution in [0.1, 0.15) is 0 Å². The summed E-state index contributed by atoms with van der Waals surface area (Å²) in [6.45, 7) is 0. The Kier molecular flexibility index (Phi) is 4.64. The first-order chi connectivity index (χ1) is 9.77. The molecule has 7 heteroatoms. The molecule has 0 spiro atoms. The van der Waals surface area contributed by atoms with Gasteiger partial charge in [-0.15, -0.1) is 0 Å². The van der Waals surface area contributed by atoms with Crippen LogP contribution in [-0.4, -0.2) is 6.03 Å². The van der Waals surface area contributed by atoms with Crippen molar-refractivity contribution in [3.63, 3.8) is 0 Å². The molecule has 6 N–H and O–H groups in total. The van der Waals surface area contributed by atoms with Crippen LogP contribution in [-0.2, 0) is 0 Å². The number of amides is 2. The number of nitrogens with zero attached hydrogens (tertiary/aromatic N) is 2. The maximum atomic E-state index is 12.5. The maximum Gasteiger partial charge on any atom is 0.360 e. The summed E-state index contributed by atoms with van der Waals surface area (Å²) in [4.78, 5) is 12.5. The number of nitrogens with one attached hydrogen (secondary N) is 2. The second-order valence-corrected chi connectivity index (χ2v) is 3.88. The van der Waals surface area contributed by atoms with Crippen LogP contribution >= 0.6 is 0 Å². The number of anilines is 2. The standard InChI is InChI=1S/C13H16N6O/c14-16-18(11-7-3-1-4-8-11)13(20)19(17-15)12-9-5-2-6-10-12/h1-10,16-17H,14-15H2. The Morgan fingerprint density at radius 3 is 1.40 bits per heavy atom. The van der Waals surface area contributed by atoms with E-state index in [9.17, 15) is 4.79 Å². The molecule has 2 aromatic carbocycles. The highest BCUT2D eigenvalue weighted by atomic mass is 16.2. The van der Waals surface area contributed by atoms with Crippen LogP contribution < -0.4 is 32.8 Å². The highest BCUT2D eigenvalue weighted by Crippen LogP contribution is 2.16. The number of urea groups is 1. The number of benzene rings is 2. The topological polar surface area (TPSA) is 99.6 Å². The number of rotatable bonds is 4. The lowest BCUT2D eigenvalue weighted by Gasteiger charge is -2.28. The predicted octanol–water partition coefficient (Wildman–Crippen LogP) is 0.876. The zero-order chi connectivity index (χ0) is 14.4. The normalized spacial score (nSPS) is 10.1. The van der Waals surface area contributed by atoms with Crippen molar-refractivity contribution in [3.8, 4) is 0 Å². The third-order valence-corrected chi connectivity index (χ3v) is 2.67. The van der Waals surface area contributed by atoms with E-state index < -0.39 is 6.03 Å². The second-order valence-electron chi connectivity index (χ2n) is 3.88. The van der Waals surface area contributed by atoms with E-state index in [1.54, 1.807) is 48.5 Å². The van der Waals surface area contributed by atoms with Gasteiger partial charge in [0.2, 0.25) is 0 Å². The molecule has 0 heterocycles. The lowest BCUT2D eigenvalue weighted by molar-refractivity contribution is 0.246. The van der Waals surface area contributed by atoms with Gasteiger partial charge < -0.3 is 0 Å². The van der Waals surface area contributed by atoms with E-state index in [0.717, 1.165) is 0 Å². The van der Waals surface area contributed by atoms with E-state index in [-0.39, 0.29) is 0 Å². The molecule has 0 unspecified atom stereocenters. The van der Waals surface area contributed by atoms with Crippen molar-refractivity contribution < 1.29 is 4.79 Å². The first-order valence-corrected chi connectivity index (χ1v) is 5.94. The van der Waals surface area contributed by atoms with Gasteiger partial charge in [0.15, 0.2) is 0 Å². The van der Waals surface area contributed by atoms with Gasteiger partial charge in [0, 0.05) is 0 Å². The molecule has 20 heavy (non-hydrogen) atoms. The van der Waals surface area contributed by atoms with Crippen molar-refractivity contribution in [1.29, 1.82) is 0 Å². The molecular formula is C13H16N6O. The van der Waals surface area contributed by atoms with Crippen molar-refractivity contribution in [2.24, 2.45) is 11.7 Å². The van der Waals surface area contributed by atoms with Gasteiger partial charge in [-0.1, -0.05) is 36.4 Å². The molecule has 0 aliphatic rings. The van der Waals surface area contributed by atoms with Crippen LogP contribution in [0.4, 0.5) is 16.2 Å².